The molecule has 0 bridgehead atoms. The molecule has 1 aromatic heterocycles. The van der Waals surface area contributed by atoms with Gasteiger partial charge in [-0.05, 0) is 18.7 Å². The second kappa shape index (κ2) is 7.15. The highest BCUT2D eigenvalue weighted by molar-refractivity contribution is 5.79. The zero-order valence-corrected chi connectivity index (χ0v) is 14.0. The highest BCUT2D eigenvalue weighted by Crippen LogP contribution is 2.17. The molecule has 1 aliphatic rings. The first-order valence-electron chi connectivity index (χ1n) is 8.24. The molecule has 1 aliphatic heterocycles. The number of carbonyl (C=O) groups is 1. The van der Waals surface area contributed by atoms with E-state index in [4.69, 9.17) is 0 Å². The van der Waals surface area contributed by atoms with Crippen LogP contribution in [0.4, 0.5) is 0 Å². The number of aliphatic hydroxyl groups is 1. The van der Waals surface area contributed by atoms with Gasteiger partial charge in [0.05, 0.1) is 19.5 Å². The van der Waals surface area contributed by atoms with Crippen LogP contribution in [0.5, 0.6) is 0 Å². The molecule has 1 aromatic carbocycles. The molecule has 1 fully saturated rings. The fourth-order valence-corrected chi connectivity index (χ4v) is 3.25. The number of rotatable bonds is 4. The number of carbonyl (C=O) groups excluding carboxylic acids is 1. The van der Waals surface area contributed by atoms with E-state index in [9.17, 15) is 9.90 Å². The van der Waals surface area contributed by atoms with Gasteiger partial charge in [0.25, 0.3) is 0 Å². The lowest BCUT2D eigenvalue weighted by Crippen LogP contribution is -2.50. The van der Waals surface area contributed by atoms with Crippen molar-refractivity contribution in [3.63, 3.8) is 0 Å². The van der Waals surface area contributed by atoms with Crippen LogP contribution in [0.2, 0.25) is 0 Å². The molecule has 6 heteroatoms. The highest BCUT2D eigenvalue weighted by Gasteiger charge is 2.36. The van der Waals surface area contributed by atoms with E-state index in [-0.39, 0.29) is 5.91 Å². The monoisotopic (exact) mass is 328 g/mol. The summed E-state index contributed by atoms with van der Waals surface area (Å²) in [7, 11) is 1.97. The van der Waals surface area contributed by atoms with Crippen LogP contribution in [0, 0.1) is 0 Å². The largest absolute Gasteiger partial charge is 0.385 e. The van der Waals surface area contributed by atoms with Crippen molar-refractivity contribution in [1.82, 2.24) is 19.6 Å². The maximum absolute atomic E-state index is 12.7. The van der Waals surface area contributed by atoms with Crippen LogP contribution in [-0.2, 0) is 17.8 Å². The van der Waals surface area contributed by atoms with Gasteiger partial charge >= 0.3 is 0 Å². The lowest BCUT2D eigenvalue weighted by atomic mass is 10.0. The number of β-amino-alcohol motifs (C(OH)–C–C–N with tert-alkyl or cyclic N) is 1. The molecule has 6 nitrogen and oxygen atoms in total. The van der Waals surface area contributed by atoms with Crippen molar-refractivity contribution in [3.8, 4) is 0 Å². The molecule has 0 saturated carbocycles. The van der Waals surface area contributed by atoms with Crippen molar-refractivity contribution in [3.05, 3.63) is 54.4 Å². The zero-order chi connectivity index (χ0) is 17.0. The smallest absolute Gasteiger partial charge is 0.227 e. The van der Waals surface area contributed by atoms with Gasteiger partial charge in [-0.3, -0.25) is 9.48 Å². The van der Waals surface area contributed by atoms with E-state index < -0.39 is 5.60 Å². The molecular weight excluding hydrogens is 304 g/mol. The van der Waals surface area contributed by atoms with Crippen molar-refractivity contribution in [2.24, 2.45) is 0 Å². The fourth-order valence-electron chi connectivity index (χ4n) is 3.25. The number of benzene rings is 1. The van der Waals surface area contributed by atoms with Crippen LogP contribution in [0.15, 0.2) is 48.8 Å². The summed E-state index contributed by atoms with van der Waals surface area (Å²) in [5, 5.41) is 15.3. The summed E-state index contributed by atoms with van der Waals surface area (Å²) in [5.74, 6) is 0.0513. The lowest BCUT2D eigenvalue weighted by Gasteiger charge is -2.32. The topological polar surface area (TPSA) is 61.6 Å². The minimum Gasteiger partial charge on any atom is -0.385 e. The standard InChI is InChI=1S/C18H24N4O2/c1-20-10-11-21(17(23)12-16-6-3-2-4-7-16)14-18(24,13-20)15-22-9-5-8-19-22/h2-9,24H,10-15H2,1H3/t18-/m0/s1. The Labute approximate surface area is 142 Å². The Kier molecular flexibility index (Phi) is 4.97. The Hall–Kier alpha value is -2.18. The van der Waals surface area contributed by atoms with E-state index in [1.165, 1.54) is 0 Å². The number of hydrogen-bond donors (Lipinski definition) is 1. The van der Waals surface area contributed by atoms with Crippen LogP contribution in [0.1, 0.15) is 5.56 Å². The lowest BCUT2D eigenvalue weighted by molar-refractivity contribution is -0.133. The van der Waals surface area contributed by atoms with Crippen LogP contribution >= 0.6 is 0 Å². The summed E-state index contributed by atoms with van der Waals surface area (Å²) < 4.78 is 1.72. The predicted octanol–water partition coefficient (Wildman–Crippen LogP) is 0.631. The number of amides is 1. The molecule has 0 aliphatic carbocycles. The fraction of sp³-hybridized carbons (Fsp3) is 0.444. The summed E-state index contributed by atoms with van der Waals surface area (Å²) in [6.45, 7) is 2.59. The van der Waals surface area contributed by atoms with Crippen molar-refractivity contribution in [2.75, 3.05) is 33.2 Å². The highest BCUT2D eigenvalue weighted by atomic mass is 16.3. The normalized spacial score (nSPS) is 22.3. The Bertz CT molecular complexity index is 659. The summed E-state index contributed by atoms with van der Waals surface area (Å²) in [6, 6.07) is 11.6. The van der Waals surface area contributed by atoms with E-state index in [2.05, 4.69) is 10.00 Å². The predicted molar refractivity (Wildman–Crippen MR) is 91.4 cm³/mol. The molecule has 1 saturated heterocycles. The maximum Gasteiger partial charge on any atom is 0.227 e. The van der Waals surface area contributed by atoms with Gasteiger partial charge in [-0.15, -0.1) is 0 Å². The van der Waals surface area contributed by atoms with Gasteiger partial charge < -0.3 is 14.9 Å². The minimum atomic E-state index is -1.01. The van der Waals surface area contributed by atoms with Crippen LogP contribution < -0.4 is 0 Å². The van der Waals surface area contributed by atoms with Crippen molar-refractivity contribution >= 4 is 5.91 Å². The number of likely N-dealkylation sites (N-methyl/N-ethyl adjacent to an activating group) is 1. The molecule has 2 heterocycles. The third kappa shape index (κ3) is 4.21. The molecule has 1 amide bonds. The quantitative estimate of drug-likeness (QED) is 0.894. The third-order valence-electron chi connectivity index (χ3n) is 4.37. The molecule has 1 atom stereocenters. The Morgan fingerprint density at radius 2 is 2.00 bits per heavy atom. The molecule has 0 radical (unpaired) electrons. The molecular formula is C18H24N4O2. The molecule has 24 heavy (non-hydrogen) atoms. The van der Waals surface area contributed by atoms with Crippen LogP contribution in [0.25, 0.3) is 0 Å². The van der Waals surface area contributed by atoms with E-state index in [1.54, 1.807) is 15.8 Å². The van der Waals surface area contributed by atoms with Gasteiger partial charge in [0.2, 0.25) is 5.91 Å². The van der Waals surface area contributed by atoms with Crippen molar-refractivity contribution < 1.29 is 9.90 Å². The summed E-state index contributed by atoms with van der Waals surface area (Å²) in [4.78, 5) is 16.5. The molecule has 0 unspecified atom stereocenters. The Morgan fingerprint density at radius 3 is 2.71 bits per heavy atom. The van der Waals surface area contributed by atoms with E-state index in [0.717, 1.165) is 12.1 Å². The minimum absolute atomic E-state index is 0.0513. The van der Waals surface area contributed by atoms with Gasteiger partial charge in [0.15, 0.2) is 0 Å². The van der Waals surface area contributed by atoms with Gasteiger partial charge in [-0.25, -0.2) is 0 Å². The van der Waals surface area contributed by atoms with E-state index >= 15 is 0 Å². The van der Waals surface area contributed by atoms with Gasteiger partial charge in [-0.1, -0.05) is 30.3 Å². The number of hydrogen-bond acceptors (Lipinski definition) is 4. The maximum atomic E-state index is 12.7. The zero-order valence-electron chi connectivity index (χ0n) is 14.0. The first-order valence-corrected chi connectivity index (χ1v) is 8.24. The van der Waals surface area contributed by atoms with Crippen molar-refractivity contribution in [2.45, 2.75) is 18.6 Å². The molecule has 128 valence electrons. The van der Waals surface area contributed by atoms with Crippen LogP contribution in [-0.4, -0.2) is 69.4 Å². The van der Waals surface area contributed by atoms with Gasteiger partial charge in [0, 0.05) is 32.0 Å². The molecule has 1 N–H and O–H groups in total. The van der Waals surface area contributed by atoms with Gasteiger partial charge in [-0.2, -0.15) is 5.10 Å². The van der Waals surface area contributed by atoms with Crippen molar-refractivity contribution in [1.29, 1.82) is 0 Å². The van der Waals surface area contributed by atoms with Crippen LogP contribution in [0.3, 0.4) is 0 Å². The van der Waals surface area contributed by atoms with E-state index in [1.807, 2.05) is 49.6 Å². The molecule has 0 spiro atoms. The average molecular weight is 328 g/mol. The number of nitrogens with zero attached hydrogens (tertiary/aromatic N) is 4. The first-order chi connectivity index (χ1) is 11.5. The van der Waals surface area contributed by atoms with E-state index in [0.29, 0.717) is 32.6 Å². The van der Waals surface area contributed by atoms with Gasteiger partial charge in [0.1, 0.15) is 5.60 Å². The second-order valence-corrected chi connectivity index (χ2v) is 6.64. The summed E-state index contributed by atoms with van der Waals surface area (Å²) in [5.41, 5.74) is -0.0143. The summed E-state index contributed by atoms with van der Waals surface area (Å²) >= 11 is 0. The summed E-state index contributed by atoms with van der Waals surface area (Å²) in [6.07, 6.45) is 3.89. The second-order valence-electron chi connectivity index (χ2n) is 6.64. The Morgan fingerprint density at radius 1 is 1.21 bits per heavy atom. The average Bonchev–Trinajstić information content (AvgIpc) is 2.99. The molecule has 3 rings (SSSR count). The SMILES string of the molecule is CN1CCN(C(=O)Cc2ccccc2)C[C@](O)(Cn2cccn2)C1. The third-order valence-corrected chi connectivity index (χ3v) is 4.37. The Balaban J connectivity index is 1.71. The number of aromatic nitrogens is 2. The molecule has 2 aromatic rings. The first kappa shape index (κ1) is 16.7.